The Kier molecular flexibility index (Phi) is 4.76. The third-order valence-corrected chi connectivity index (χ3v) is 3.29. The van der Waals surface area contributed by atoms with E-state index < -0.39 is 0 Å². The van der Waals surface area contributed by atoms with Crippen molar-refractivity contribution in [2.45, 2.75) is 0 Å². The third kappa shape index (κ3) is 3.94. The molecule has 104 valence electrons. The van der Waals surface area contributed by atoms with Gasteiger partial charge in [0, 0.05) is 44.7 Å². The first-order chi connectivity index (χ1) is 9.19. The molecule has 0 spiro atoms. The van der Waals surface area contributed by atoms with Gasteiger partial charge in [-0.3, -0.25) is 4.79 Å². The highest BCUT2D eigenvalue weighted by atomic mass is 16.5. The van der Waals surface area contributed by atoms with Crippen molar-refractivity contribution in [2.24, 2.45) is 0 Å². The zero-order valence-corrected chi connectivity index (χ0v) is 11.6. The van der Waals surface area contributed by atoms with Crippen molar-refractivity contribution in [2.75, 3.05) is 57.2 Å². The number of likely N-dealkylation sites (N-methyl/N-ethyl adjacent to an activating group) is 1. The van der Waals surface area contributed by atoms with Crippen LogP contribution in [0.4, 0.5) is 11.4 Å². The smallest absolute Gasteiger partial charge is 0.250 e. The fraction of sp³-hybridized carbons (Fsp3) is 0.500. The monoisotopic (exact) mass is 263 g/mol. The predicted octanol–water partition coefficient (Wildman–Crippen LogP) is 1.02. The van der Waals surface area contributed by atoms with E-state index in [2.05, 4.69) is 22.2 Å². The van der Waals surface area contributed by atoms with Crippen molar-refractivity contribution in [3.05, 3.63) is 24.3 Å². The normalized spacial score (nSPS) is 16.4. The van der Waals surface area contributed by atoms with Crippen molar-refractivity contribution in [3.8, 4) is 0 Å². The largest absolute Gasteiger partial charge is 0.375 e. The van der Waals surface area contributed by atoms with Crippen LogP contribution in [0.5, 0.6) is 0 Å². The summed E-state index contributed by atoms with van der Waals surface area (Å²) in [6.45, 7) is 4.36. The molecule has 1 aromatic carbocycles. The standard InChI is InChI=1S/C14H21N3O2/c1-16-7-9-17(10-8-16)13-5-3-12(4-6-13)15-14(18)11-19-2/h3-6H,7-11H2,1-2H3,(H,15,18). The number of benzene rings is 1. The van der Waals surface area contributed by atoms with Crippen molar-refractivity contribution >= 4 is 17.3 Å². The van der Waals surface area contributed by atoms with Gasteiger partial charge in [-0.15, -0.1) is 0 Å². The van der Waals surface area contributed by atoms with Crippen LogP contribution < -0.4 is 10.2 Å². The number of hydrogen-bond acceptors (Lipinski definition) is 4. The van der Waals surface area contributed by atoms with Crippen LogP contribution in [0.15, 0.2) is 24.3 Å². The zero-order chi connectivity index (χ0) is 13.7. The van der Waals surface area contributed by atoms with Crippen molar-refractivity contribution in [1.82, 2.24) is 4.90 Å². The first-order valence-corrected chi connectivity index (χ1v) is 6.51. The van der Waals surface area contributed by atoms with Crippen molar-refractivity contribution in [3.63, 3.8) is 0 Å². The molecule has 1 fully saturated rings. The molecule has 1 aliphatic rings. The molecule has 1 saturated heterocycles. The second-order valence-electron chi connectivity index (χ2n) is 4.82. The van der Waals surface area contributed by atoms with Crippen molar-refractivity contribution in [1.29, 1.82) is 0 Å². The molecule has 1 N–H and O–H groups in total. The number of carbonyl (C=O) groups is 1. The molecule has 0 unspecified atom stereocenters. The topological polar surface area (TPSA) is 44.8 Å². The summed E-state index contributed by atoms with van der Waals surface area (Å²) in [5.41, 5.74) is 2.01. The number of methoxy groups -OCH3 is 1. The Balaban J connectivity index is 1.92. The molecule has 0 atom stereocenters. The van der Waals surface area contributed by atoms with E-state index in [0.29, 0.717) is 0 Å². The van der Waals surface area contributed by atoms with Gasteiger partial charge < -0.3 is 19.9 Å². The molecule has 1 heterocycles. The number of piperazine rings is 1. The van der Waals surface area contributed by atoms with Crippen LogP contribution >= 0.6 is 0 Å². The molecule has 2 rings (SSSR count). The van der Waals surface area contributed by atoms with Gasteiger partial charge in [0.2, 0.25) is 5.91 Å². The predicted molar refractivity (Wildman–Crippen MR) is 76.7 cm³/mol. The van der Waals surface area contributed by atoms with E-state index in [1.807, 2.05) is 24.3 Å². The van der Waals surface area contributed by atoms with Crippen molar-refractivity contribution < 1.29 is 9.53 Å². The van der Waals surface area contributed by atoms with Gasteiger partial charge in [0.15, 0.2) is 0 Å². The number of anilines is 2. The number of nitrogens with one attached hydrogen (secondary N) is 1. The van der Waals surface area contributed by atoms with Gasteiger partial charge in [-0.05, 0) is 31.3 Å². The van der Waals surface area contributed by atoms with Crippen LogP contribution in [-0.2, 0) is 9.53 Å². The van der Waals surface area contributed by atoms with Crippen LogP contribution in [0.25, 0.3) is 0 Å². The highest BCUT2D eigenvalue weighted by molar-refractivity contribution is 5.91. The summed E-state index contributed by atoms with van der Waals surface area (Å²) in [6, 6.07) is 7.96. The summed E-state index contributed by atoms with van der Waals surface area (Å²) in [5, 5.41) is 2.79. The molecular weight excluding hydrogens is 242 g/mol. The second kappa shape index (κ2) is 6.54. The molecule has 0 aliphatic carbocycles. The minimum Gasteiger partial charge on any atom is -0.375 e. The molecular formula is C14H21N3O2. The van der Waals surface area contributed by atoms with E-state index in [1.165, 1.54) is 12.8 Å². The number of hydrogen-bond donors (Lipinski definition) is 1. The molecule has 0 bridgehead atoms. The Morgan fingerprint density at radius 3 is 2.42 bits per heavy atom. The highest BCUT2D eigenvalue weighted by Gasteiger charge is 2.14. The summed E-state index contributed by atoms with van der Waals surface area (Å²) in [6.07, 6.45) is 0. The van der Waals surface area contributed by atoms with Gasteiger partial charge in [0.05, 0.1) is 0 Å². The molecule has 0 aromatic heterocycles. The maximum Gasteiger partial charge on any atom is 0.250 e. The van der Waals surface area contributed by atoms with Crippen LogP contribution in [-0.4, -0.2) is 57.8 Å². The maximum absolute atomic E-state index is 11.4. The summed E-state index contributed by atoms with van der Waals surface area (Å²) >= 11 is 0. The van der Waals surface area contributed by atoms with Gasteiger partial charge in [-0.1, -0.05) is 0 Å². The average molecular weight is 263 g/mol. The molecule has 19 heavy (non-hydrogen) atoms. The Labute approximate surface area is 114 Å². The molecule has 1 aromatic rings. The first-order valence-electron chi connectivity index (χ1n) is 6.51. The van der Waals surface area contributed by atoms with Gasteiger partial charge in [-0.25, -0.2) is 0 Å². The summed E-state index contributed by atoms with van der Waals surface area (Å²) in [4.78, 5) is 16.1. The second-order valence-corrected chi connectivity index (χ2v) is 4.82. The fourth-order valence-corrected chi connectivity index (χ4v) is 2.15. The Hall–Kier alpha value is -1.59. The number of ether oxygens (including phenoxy) is 1. The van der Waals surface area contributed by atoms with E-state index in [-0.39, 0.29) is 12.5 Å². The lowest BCUT2D eigenvalue weighted by atomic mass is 10.2. The first kappa shape index (κ1) is 13.8. The number of rotatable bonds is 4. The Bertz CT molecular complexity index is 411. The summed E-state index contributed by atoms with van der Waals surface area (Å²) in [5.74, 6) is -0.130. The zero-order valence-electron chi connectivity index (χ0n) is 11.6. The molecule has 5 heteroatoms. The SMILES string of the molecule is COCC(=O)Nc1ccc(N2CCN(C)CC2)cc1. The number of amides is 1. The van der Waals surface area contributed by atoms with Crippen LogP contribution in [0.3, 0.4) is 0 Å². The minimum absolute atomic E-state index is 0.0835. The quantitative estimate of drug-likeness (QED) is 0.881. The molecule has 0 saturated carbocycles. The molecule has 0 radical (unpaired) electrons. The van der Waals surface area contributed by atoms with E-state index in [1.54, 1.807) is 0 Å². The third-order valence-electron chi connectivity index (χ3n) is 3.29. The molecule has 5 nitrogen and oxygen atoms in total. The van der Waals surface area contributed by atoms with Crippen LogP contribution in [0, 0.1) is 0 Å². The van der Waals surface area contributed by atoms with E-state index in [9.17, 15) is 4.79 Å². The lowest BCUT2D eigenvalue weighted by Gasteiger charge is -2.34. The summed E-state index contributed by atoms with van der Waals surface area (Å²) in [7, 11) is 3.65. The number of nitrogens with zero attached hydrogens (tertiary/aromatic N) is 2. The average Bonchev–Trinajstić information content (AvgIpc) is 2.41. The maximum atomic E-state index is 11.4. The Morgan fingerprint density at radius 2 is 1.84 bits per heavy atom. The molecule has 1 aliphatic heterocycles. The lowest BCUT2D eigenvalue weighted by molar-refractivity contribution is -0.119. The van der Waals surface area contributed by atoms with Gasteiger partial charge >= 0.3 is 0 Å². The van der Waals surface area contributed by atoms with E-state index >= 15 is 0 Å². The fourth-order valence-electron chi connectivity index (χ4n) is 2.15. The highest BCUT2D eigenvalue weighted by Crippen LogP contribution is 2.19. The molecule has 1 amide bonds. The number of carbonyl (C=O) groups excluding carboxylic acids is 1. The summed E-state index contributed by atoms with van der Waals surface area (Å²) < 4.78 is 4.78. The van der Waals surface area contributed by atoms with E-state index in [4.69, 9.17) is 4.74 Å². The van der Waals surface area contributed by atoms with Gasteiger partial charge in [-0.2, -0.15) is 0 Å². The van der Waals surface area contributed by atoms with Gasteiger partial charge in [0.1, 0.15) is 6.61 Å². The van der Waals surface area contributed by atoms with Crippen LogP contribution in [0.2, 0.25) is 0 Å². The van der Waals surface area contributed by atoms with Gasteiger partial charge in [0.25, 0.3) is 0 Å². The Morgan fingerprint density at radius 1 is 1.21 bits per heavy atom. The minimum atomic E-state index is -0.130. The van der Waals surface area contributed by atoms with E-state index in [0.717, 1.165) is 31.9 Å². The lowest BCUT2D eigenvalue weighted by Crippen LogP contribution is -2.44. The van der Waals surface area contributed by atoms with Crippen LogP contribution in [0.1, 0.15) is 0 Å².